The number of imidazole rings is 2. The van der Waals surface area contributed by atoms with Crippen molar-refractivity contribution >= 4 is 17.9 Å². The van der Waals surface area contributed by atoms with Gasteiger partial charge in [-0.05, 0) is 78.2 Å². The van der Waals surface area contributed by atoms with E-state index in [1.54, 1.807) is 13.3 Å². The summed E-state index contributed by atoms with van der Waals surface area (Å²) in [5.74, 6) is 2.73. The van der Waals surface area contributed by atoms with Crippen molar-refractivity contribution in [1.29, 1.82) is 0 Å². The molecule has 8 rings (SSSR count). The van der Waals surface area contributed by atoms with E-state index in [4.69, 9.17) is 14.5 Å². The van der Waals surface area contributed by atoms with Crippen LogP contribution in [-0.4, -0.2) is 74.5 Å². The summed E-state index contributed by atoms with van der Waals surface area (Å²) in [5, 5.41) is 5.87. The van der Waals surface area contributed by atoms with Gasteiger partial charge in [-0.25, -0.2) is 19.7 Å². The number of likely N-dealkylation sites (tertiary alicyclic amines) is 1. The summed E-state index contributed by atoms with van der Waals surface area (Å²) >= 11 is 0. The number of rotatable bonds is 12. The number of nitrogens with one attached hydrogen (secondary N) is 4. The quantitative estimate of drug-likeness (QED) is 0.105. The molecule has 3 aliphatic rings. The summed E-state index contributed by atoms with van der Waals surface area (Å²) in [6.45, 7) is 4.79. The first-order valence-corrected chi connectivity index (χ1v) is 19.9. The number of alkyl carbamates (subject to hydrolysis) is 1. The molecule has 1 saturated heterocycles. The van der Waals surface area contributed by atoms with Crippen molar-refractivity contribution in [3.8, 4) is 39.5 Å². The monoisotopic (exact) mass is 770 g/mol. The number of ether oxygens (including phenoxy) is 2. The lowest BCUT2D eigenvalue weighted by atomic mass is 9.78. The van der Waals surface area contributed by atoms with E-state index in [1.807, 2.05) is 43.3 Å². The molecule has 13 nitrogen and oxygen atoms in total. The molecule has 13 heteroatoms. The lowest BCUT2D eigenvalue weighted by Crippen LogP contribution is -2.51. The summed E-state index contributed by atoms with van der Waals surface area (Å²) in [5.41, 5.74) is 6.87. The Labute approximate surface area is 332 Å². The lowest BCUT2D eigenvalue weighted by molar-refractivity contribution is -0.135. The Morgan fingerprint density at radius 3 is 2.11 bits per heavy atom. The van der Waals surface area contributed by atoms with Gasteiger partial charge in [0.2, 0.25) is 17.7 Å². The molecule has 2 aromatic carbocycles. The fourth-order valence-corrected chi connectivity index (χ4v) is 9.29. The number of carbonyl (C=O) groups excluding carboxylic acids is 3. The molecule has 4 heterocycles. The summed E-state index contributed by atoms with van der Waals surface area (Å²) < 4.78 is 10.1. The second kappa shape index (κ2) is 16.2. The minimum absolute atomic E-state index is 0.0594. The maximum absolute atomic E-state index is 13.7. The summed E-state index contributed by atoms with van der Waals surface area (Å²) in [6, 6.07) is 19.7. The van der Waals surface area contributed by atoms with E-state index in [0.717, 1.165) is 83.0 Å². The third-order valence-electron chi connectivity index (χ3n) is 12.2. The van der Waals surface area contributed by atoms with Crippen LogP contribution in [0.4, 0.5) is 4.79 Å². The van der Waals surface area contributed by atoms with Gasteiger partial charge in [0.25, 0.3) is 0 Å². The number of fused-ring (bicyclic) bond motifs is 2. The molecular formula is C44H50N8O5. The smallest absolute Gasteiger partial charge is 0.407 e. The van der Waals surface area contributed by atoms with Crippen LogP contribution in [0.15, 0.2) is 79.3 Å². The van der Waals surface area contributed by atoms with Crippen molar-refractivity contribution in [2.75, 3.05) is 20.8 Å². The third-order valence-corrected chi connectivity index (χ3v) is 12.2. The lowest BCUT2D eigenvalue weighted by Gasteiger charge is -2.30. The molecule has 5 aromatic rings. The Kier molecular flexibility index (Phi) is 10.8. The molecule has 2 bridgehead atoms. The molecule has 1 aliphatic heterocycles. The standard InChI is InChI=1S/C44H50N8O5/c1-25(2)38(51-44(55)57-4)43(54)52-20-6-8-35(52)39-46-23-33(49-39)28-13-9-26(10-14-28)27-11-15-29(16-12-27)34-24-47-40(50-34)36-30-17-18-31(21-30)37(36)41(53)48-22-32-7-5-19-45-42(32)56-3/h5,7,9-16,19,23-25,30-31,35-38H,6,8,17-18,20-22H2,1-4H3,(H,46,49)(H,47,50)(H,48,53)(H,51,55)/t30?,31?,35-,36?,37?,38-/m0/s1. The highest BCUT2D eigenvalue weighted by molar-refractivity contribution is 5.86. The number of aromatic nitrogens is 5. The molecule has 3 amide bonds. The van der Waals surface area contributed by atoms with Crippen LogP contribution in [0.25, 0.3) is 33.6 Å². The predicted octanol–water partition coefficient (Wildman–Crippen LogP) is 7.03. The average molecular weight is 771 g/mol. The van der Waals surface area contributed by atoms with Crippen LogP contribution in [0.1, 0.15) is 75.1 Å². The van der Waals surface area contributed by atoms with Crippen LogP contribution in [0, 0.1) is 23.7 Å². The van der Waals surface area contributed by atoms with Crippen molar-refractivity contribution in [1.82, 2.24) is 40.5 Å². The van der Waals surface area contributed by atoms with Crippen LogP contribution in [0.2, 0.25) is 0 Å². The normalized spacial score (nSPS) is 21.8. The average Bonchev–Trinajstić information content (AvgIpc) is 4.10. The number of hydrogen-bond donors (Lipinski definition) is 4. The predicted molar refractivity (Wildman–Crippen MR) is 215 cm³/mol. The van der Waals surface area contributed by atoms with Crippen molar-refractivity contribution < 1.29 is 23.9 Å². The Morgan fingerprint density at radius 2 is 1.46 bits per heavy atom. The van der Waals surface area contributed by atoms with Gasteiger partial charge in [-0.15, -0.1) is 0 Å². The molecule has 0 spiro atoms. The second-order valence-electron chi connectivity index (χ2n) is 15.8. The number of amides is 3. The van der Waals surface area contributed by atoms with E-state index in [1.165, 1.54) is 7.11 Å². The Hall–Kier alpha value is -5.98. The number of hydrogen-bond acceptors (Lipinski definition) is 8. The SMILES string of the molecule is COC(=O)N[C@H](C(=O)N1CCC[C@H]1c1ncc(-c2ccc(-c3ccc(-c4cnc(C5C6CCC(C6)C5C(=O)NCc5cccnc5OC)[nH]4)cc3)cc2)[nH]1)C(C)C. The van der Waals surface area contributed by atoms with Crippen LogP contribution < -0.4 is 15.4 Å². The molecule has 4 unspecified atom stereocenters. The minimum Gasteiger partial charge on any atom is -0.481 e. The number of benzene rings is 2. The van der Waals surface area contributed by atoms with Crippen molar-refractivity contribution in [2.24, 2.45) is 23.7 Å². The van der Waals surface area contributed by atoms with Gasteiger partial charge in [0.05, 0.1) is 50.0 Å². The first-order valence-electron chi connectivity index (χ1n) is 19.9. The summed E-state index contributed by atoms with van der Waals surface area (Å²) in [7, 11) is 2.89. The number of methoxy groups -OCH3 is 2. The first kappa shape index (κ1) is 37.9. The minimum atomic E-state index is -0.680. The number of nitrogens with zero attached hydrogens (tertiary/aromatic N) is 4. The zero-order chi connectivity index (χ0) is 39.6. The van der Waals surface area contributed by atoms with Crippen LogP contribution in [-0.2, 0) is 20.9 Å². The zero-order valence-corrected chi connectivity index (χ0v) is 32.8. The molecular weight excluding hydrogens is 721 g/mol. The van der Waals surface area contributed by atoms with Gasteiger partial charge in [-0.1, -0.05) is 68.4 Å². The highest BCUT2D eigenvalue weighted by atomic mass is 16.5. The van der Waals surface area contributed by atoms with Gasteiger partial charge in [-0.3, -0.25) is 9.59 Å². The Bertz CT molecular complexity index is 2210. The van der Waals surface area contributed by atoms with Gasteiger partial charge >= 0.3 is 6.09 Å². The summed E-state index contributed by atoms with van der Waals surface area (Å²) in [6.07, 6.45) is 9.68. The van der Waals surface area contributed by atoms with E-state index in [9.17, 15) is 14.4 Å². The Morgan fingerprint density at radius 1 is 0.825 bits per heavy atom. The zero-order valence-electron chi connectivity index (χ0n) is 32.8. The summed E-state index contributed by atoms with van der Waals surface area (Å²) in [4.78, 5) is 61.8. The molecule has 3 aromatic heterocycles. The Balaban J connectivity index is 0.916. The fourth-order valence-electron chi connectivity index (χ4n) is 9.29. The van der Waals surface area contributed by atoms with Crippen LogP contribution >= 0.6 is 0 Å². The van der Waals surface area contributed by atoms with Gasteiger partial charge < -0.3 is 35.0 Å². The maximum Gasteiger partial charge on any atom is 0.407 e. The van der Waals surface area contributed by atoms with Gasteiger partial charge in [0, 0.05) is 30.8 Å². The van der Waals surface area contributed by atoms with E-state index < -0.39 is 12.1 Å². The maximum atomic E-state index is 13.7. The highest BCUT2D eigenvalue weighted by Gasteiger charge is 2.52. The molecule has 2 saturated carbocycles. The molecule has 3 fully saturated rings. The number of aromatic amines is 2. The molecule has 296 valence electrons. The molecule has 6 atom stereocenters. The largest absolute Gasteiger partial charge is 0.481 e. The van der Waals surface area contributed by atoms with E-state index in [2.05, 4.69) is 79.1 Å². The number of pyridine rings is 1. The van der Waals surface area contributed by atoms with Crippen molar-refractivity contribution in [2.45, 2.75) is 70.5 Å². The van der Waals surface area contributed by atoms with E-state index in [-0.39, 0.29) is 35.6 Å². The van der Waals surface area contributed by atoms with Crippen molar-refractivity contribution in [3.05, 3.63) is 96.5 Å². The first-order chi connectivity index (χ1) is 27.7. The second-order valence-corrected chi connectivity index (χ2v) is 15.8. The fraction of sp³-hybridized carbons (Fsp3) is 0.409. The van der Waals surface area contributed by atoms with E-state index >= 15 is 0 Å². The number of H-pyrrole nitrogens is 2. The van der Waals surface area contributed by atoms with Crippen LogP contribution in [0.5, 0.6) is 5.88 Å². The highest BCUT2D eigenvalue weighted by Crippen LogP contribution is 2.56. The third kappa shape index (κ3) is 7.62. The van der Waals surface area contributed by atoms with Gasteiger partial charge in [-0.2, -0.15) is 0 Å². The van der Waals surface area contributed by atoms with E-state index in [0.29, 0.717) is 30.8 Å². The van der Waals surface area contributed by atoms with Gasteiger partial charge in [0.15, 0.2) is 0 Å². The molecule has 4 N–H and O–H groups in total. The molecule has 2 aliphatic carbocycles. The number of carbonyl (C=O) groups is 3. The van der Waals surface area contributed by atoms with Crippen LogP contribution in [0.3, 0.4) is 0 Å². The van der Waals surface area contributed by atoms with Gasteiger partial charge in [0.1, 0.15) is 17.7 Å². The topological polar surface area (TPSA) is 167 Å². The van der Waals surface area contributed by atoms with Crippen molar-refractivity contribution in [3.63, 3.8) is 0 Å². The molecule has 0 radical (unpaired) electrons. The molecule has 57 heavy (non-hydrogen) atoms.